The lowest BCUT2D eigenvalue weighted by Crippen LogP contribution is -2.30. The zero-order chi connectivity index (χ0) is 16.1. The minimum atomic E-state index is -0.714. The minimum Gasteiger partial charge on any atom is -0.505 e. The van der Waals surface area contributed by atoms with Gasteiger partial charge in [-0.05, 0) is 23.8 Å². The molecule has 0 saturated heterocycles. The summed E-state index contributed by atoms with van der Waals surface area (Å²) in [6.45, 7) is -0.331. The number of aromatic hydroxyl groups is 1. The quantitative estimate of drug-likeness (QED) is 0.836. The standard InChI is InChI=1S/C15H13FN2O4/c1-22-13(20)8-18-15(21)14-12(19)6-10(7-17-14)9-3-2-4-11(16)5-9/h2-7,19H,8H2,1H3,(H,18,21). The highest BCUT2D eigenvalue weighted by Crippen LogP contribution is 2.25. The molecule has 0 fully saturated rings. The molecule has 1 aromatic heterocycles. The van der Waals surface area contributed by atoms with Gasteiger partial charge in [-0.25, -0.2) is 9.37 Å². The van der Waals surface area contributed by atoms with Gasteiger partial charge in [0.1, 0.15) is 18.1 Å². The topological polar surface area (TPSA) is 88.5 Å². The SMILES string of the molecule is COC(=O)CNC(=O)c1ncc(-c2cccc(F)c2)cc1O. The molecule has 0 aliphatic carbocycles. The maximum Gasteiger partial charge on any atom is 0.325 e. The van der Waals surface area contributed by atoms with Crippen LogP contribution in [-0.4, -0.2) is 35.6 Å². The number of benzene rings is 1. The van der Waals surface area contributed by atoms with Crippen LogP contribution in [0.25, 0.3) is 11.1 Å². The van der Waals surface area contributed by atoms with Crippen LogP contribution in [0.1, 0.15) is 10.5 Å². The van der Waals surface area contributed by atoms with Crippen molar-refractivity contribution in [3.63, 3.8) is 0 Å². The van der Waals surface area contributed by atoms with E-state index >= 15 is 0 Å². The summed E-state index contributed by atoms with van der Waals surface area (Å²) < 4.78 is 17.6. The molecule has 2 aromatic rings. The molecule has 1 aromatic carbocycles. The van der Waals surface area contributed by atoms with E-state index in [1.54, 1.807) is 6.07 Å². The van der Waals surface area contributed by atoms with E-state index in [0.29, 0.717) is 11.1 Å². The Labute approximate surface area is 125 Å². The highest BCUT2D eigenvalue weighted by atomic mass is 19.1. The van der Waals surface area contributed by atoms with Gasteiger partial charge < -0.3 is 15.2 Å². The third-order valence-electron chi connectivity index (χ3n) is 2.86. The summed E-state index contributed by atoms with van der Waals surface area (Å²) in [4.78, 5) is 26.6. The van der Waals surface area contributed by atoms with Crippen molar-refractivity contribution in [1.82, 2.24) is 10.3 Å². The Morgan fingerprint density at radius 1 is 1.32 bits per heavy atom. The van der Waals surface area contributed by atoms with Crippen LogP contribution in [0, 0.1) is 5.82 Å². The number of methoxy groups -OCH3 is 1. The largest absolute Gasteiger partial charge is 0.505 e. The predicted octanol–water partition coefficient (Wildman–Crippen LogP) is 1.50. The summed E-state index contributed by atoms with van der Waals surface area (Å²) in [5.41, 5.74) is 0.745. The summed E-state index contributed by atoms with van der Waals surface area (Å²) in [6.07, 6.45) is 1.33. The van der Waals surface area contributed by atoms with Gasteiger partial charge in [0.25, 0.3) is 5.91 Å². The van der Waals surface area contributed by atoms with Crippen LogP contribution < -0.4 is 5.32 Å². The predicted molar refractivity (Wildman–Crippen MR) is 75.6 cm³/mol. The molecule has 0 saturated carbocycles. The molecule has 0 radical (unpaired) electrons. The molecule has 1 heterocycles. The van der Waals surface area contributed by atoms with Crippen molar-refractivity contribution in [3.8, 4) is 16.9 Å². The average Bonchev–Trinajstić information content (AvgIpc) is 2.52. The fraction of sp³-hybridized carbons (Fsp3) is 0.133. The molecule has 2 N–H and O–H groups in total. The number of halogens is 1. The van der Waals surface area contributed by atoms with Gasteiger partial charge in [-0.1, -0.05) is 12.1 Å². The number of amides is 1. The molecule has 1 amide bonds. The number of nitrogens with one attached hydrogen (secondary N) is 1. The van der Waals surface area contributed by atoms with E-state index < -0.39 is 17.7 Å². The van der Waals surface area contributed by atoms with Crippen LogP contribution in [0.2, 0.25) is 0 Å². The number of aromatic nitrogens is 1. The van der Waals surface area contributed by atoms with E-state index in [0.717, 1.165) is 0 Å². The number of nitrogens with zero attached hydrogens (tertiary/aromatic N) is 1. The molecule has 2 rings (SSSR count). The lowest BCUT2D eigenvalue weighted by atomic mass is 10.1. The number of hydrogen-bond acceptors (Lipinski definition) is 5. The van der Waals surface area contributed by atoms with Crippen molar-refractivity contribution in [1.29, 1.82) is 0 Å². The van der Waals surface area contributed by atoms with Crippen molar-refractivity contribution in [2.45, 2.75) is 0 Å². The maximum absolute atomic E-state index is 13.2. The van der Waals surface area contributed by atoms with Gasteiger partial charge in [0.05, 0.1) is 7.11 Å². The second kappa shape index (κ2) is 6.66. The fourth-order valence-corrected chi connectivity index (χ4v) is 1.76. The maximum atomic E-state index is 13.2. The number of pyridine rings is 1. The van der Waals surface area contributed by atoms with Gasteiger partial charge in [0.15, 0.2) is 5.69 Å². The molecule has 0 aliphatic rings. The summed E-state index contributed by atoms with van der Waals surface area (Å²) in [5, 5.41) is 12.1. The molecule has 0 atom stereocenters. The lowest BCUT2D eigenvalue weighted by Gasteiger charge is -2.07. The first-order valence-electron chi connectivity index (χ1n) is 6.31. The Bertz CT molecular complexity index is 718. The Morgan fingerprint density at radius 2 is 2.09 bits per heavy atom. The van der Waals surface area contributed by atoms with Gasteiger partial charge in [-0.3, -0.25) is 9.59 Å². The Balaban J connectivity index is 2.19. The fourth-order valence-electron chi connectivity index (χ4n) is 1.76. The molecular formula is C15H13FN2O4. The molecule has 0 bridgehead atoms. The number of hydrogen-bond donors (Lipinski definition) is 2. The molecule has 22 heavy (non-hydrogen) atoms. The molecule has 0 aliphatic heterocycles. The minimum absolute atomic E-state index is 0.232. The van der Waals surface area contributed by atoms with Gasteiger partial charge in [0, 0.05) is 11.8 Å². The number of ether oxygens (including phenoxy) is 1. The van der Waals surface area contributed by atoms with Crippen LogP contribution >= 0.6 is 0 Å². The molecule has 7 heteroatoms. The van der Waals surface area contributed by atoms with E-state index in [2.05, 4.69) is 15.0 Å². The number of carbonyl (C=O) groups is 2. The lowest BCUT2D eigenvalue weighted by molar-refractivity contribution is -0.139. The van der Waals surface area contributed by atoms with Crippen LogP contribution in [-0.2, 0) is 9.53 Å². The molecule has 6 nitrogen and oxygen atoms in total. The van der Waals surface area contributed by atoms with Crippen LogP contribution in [0.5, 0.6) is 5.75 Å². The summed E-state index contributed by atoms with van der Waals surface area (Å²) in [5.74, 6) is -2.13. The van der Waals surface area contributed by atoms with Crippen molar-refractivity contribution < 1.29 is 23.8 Å². The van der Waals surface area contributed by atoms with E-state index in [1.807, 2.05) is 0 Å². The van der Waals surface area contributed by atoms with Crippen LogP contribution in [0.4, 0.5) is 4.39 Å². The Hall–Kier alpha value is -2.96. The van der Waals surface area contributed by atoms with E-state index in [4.69, 9.17) is 0 Å². The normalized spacial score (nSPS) is 10.1. The average molecular weight is 304 g/mol. The first kappa shape index (κ1) is 15.4. The molecule has 0 unspecified atom stereocenters. The molecular weight excluding hydrogens is 291 g/mol. The smallest absolute Gasteiger partial charge is 0.325 e. The monoisotopic (exact) mass is 304 g/mol. The van der Waals surface area contributed by atoms with Crippen LogP contribution in [0.15, 0.2) is 36.5 Å². The van der Waals surface area contributed by atoms with Gasteiger partial charge in [-0.2, -0.15) is 0 Å². The third-order valence-corrected chi connectivity index (χ3v) is 2.86. The highest BCUT2D eigenvalue weighted by molar-refractivity contribution is 5.96. The molecule has 114 valence electrons. The first-order valence-corrected chi connectivity index (χ1v) is 6.31. The van der Waals surface area contributed by atoms with Gasteiger partial charge in [0.2, 0.25) is 0 Å². The summed E-state index contributed by atoms with van der Waals surface area (Å²) in [6, 6.07) is 7.06. The Kier molecular flexibility index (Phi) is 4.67. The van der Waals surface area contributed by atoms with Crippen molar-refractivity contribution in [2.24, 2.45) is 0 Å². The van der Waals surface area contributed by atoms with Crippen molar-refractivity contribution in [3.05, 3.63) is 48.0 Å². The van der Waals surface area contributed by atoms with Gasteiger partial charge in [-0.15, -0.1) is 0 Å². The van der Waals surface area contributed by atoms with E-state index in [9.17, 15) is 19.1 Å². The van der Waals surface area contributed by atoms with E-state index in [-0.39, 0.29) is 18.0 Å². The second-order valence-corrected chi connectivity index (χ2v) is 4.36. The zero-order valence-electron chi connectivity index (χ0n) is 11.7. The molecule has 0 spiro atoms. The van der Waals surface area contributed by atoms with Crippen molar-refractivity contribution >= 4 is 11.9 Å². The second-order valence-electron chi connectivity index (χ2n) is 4.36. The number of carbonyl (C=O) groups excluding carboxylic acids is 2. The van der Waals surface area contributed by atoms with Crippen molar-refractivity contribution in [2.75, 3.05) is 13.7 Å². The Morgan fingerprint density at radius 3 is 2.73 bits per heavy atom. The third kappa shape index (κ3) is 3.57. The summed E-state index contributed by atoms with van der Waals surface area (Å²) in [7, 11) is 1.19. The first-order chi connectivity index (χ1) is 10.5. The number of rotatable bonds is 4. The summed E-state index contributed by atoms with van der Waals surface area (Å²) >= 11 is 0. The zero-order valence-corrected chi connectivity index (χ0v) is 11.7. The van der Waals surface area contributed by atoms with Gasteiger partial charge >= 0.3 is 5.97 Å². The number of esters is 1. The van der Waals surface area contributed by atoms with Crippen LogP contribution in [0.3, 0.4) is 0 Å². The van der Waals surface area contributed by atoms with E-state index in [1.165, 1.54) is 37.6 Å². The highest BCUT2D eigenvalue weighted by Gasteiger charge is 2.15.